The second-order valence-corrected chi connectivity index (χ2v) is 5.90. The maximum absolute atomic E-state index is 12.7. The van der Waals surface area contributed by atoms with Crippen molar-refractivity contribution in [3.63, 3.8) is 0 Å². The SMILES string of the molecule is CCC1(C(=O)N2CCN(C(C)C(=O)O)CC2)CCNC1. The van der Waals surface area contributed by atoms with Crippen molar-refractivity contribution < 1.29 is 14.7 Å². The van der Waals surface area contributed by atoms with E-state index in [4.69, 9.17) is 5.11 Å². The van der Waals surface area contributed by atoms with Crippen LogP contribution in [-0.2, 0) is 9.59 Å². The first kappa shape index (κ1) is 15.3. The first-order valence-electron chi connectivity index (χ1n) is 7.47. The zero-order valence-corrected chi connectivity index (χ0v) is 12.4. The highest BCUT2D eigenvalue weighted by atomic mass is 16.4. The second-order valence-electron chi connectivity index (χ2n) is 5.90. The van der Waals surface area contributed by atoms with E-state index in [-0.39, 0.29) is 11.3 Å². The fourth-order valence-corrected chi connectivity index (χ4v) is 3.18. The smallest absolute Gasteiger partial charge is 0.320 e. The summed E-state index contributed by atoms with van der Waals surface area (Å²) < 4.78 is 0. The molecule has 0 aromatic rings. The van der Waals surface area contributed by atoms with Crippen molar-refractivity contribution >= 4 is 11.9 Å². The maximum Gasteiger partial charge on any atom is 0.320 e. The van der Waals surface area contributed by atoms with Crippen LogP contribution in [0.25, 0.3) is 0 Å². The van der Waals surface area contributed by atoms with Gasteiger partial charge in [-0.3, -0.25) is 14.5 Å². The van der Waals surface area contributed by atoms with E-state index in [1.807, 2.05) is 9.80 Å². The number of carboxylic acids is 1. The largest absolute Gasteiger partial charge is 0.480 e. The highest BCUT2D eigenvalue weighted by Gasteiger charge is 2.42. The minimum atomic E-state index is -0.796. The lowest BCUT2D eigenvalue weighted by atomic mass is 9.82. The summed E-state index contributed by atoms with van der Waals surface area (Å²) in [4.78, 5) is 27.6. The van der Waals surface area contributed by atoms with Crippen molar-refractivity contribution in [1.82, 2.24) is 15.1 Å². The number of hydrogen-bond acceptors (Lipinski definition) is 4. The Labute approximate surface area is 120 Å². The number of amides is 1. The van der Waals surface area contributed by atoms with Gasteiger partial charge < -0.3 is 15.3 Å². The molecular formula is C14H25N3O3. The Morgan fingerprint density at radius 3 is 2.40 bits per heavy atom. The lowest BCUT2D eigenvalue weighted by Gasteiger charge is -2.40. The molecule has 2 unspecified atom stereocenters. The van der Waals surface area contributed by atoms with Gasteiger partial charge in [-0.05, 0) is 26.3 Å². The molecule has 0 radical (unpaired) electrons. The lowest BCUT2D eigenvalue weighted by Crippen LogP contribution is -2.56. The van der Waals surface area contributed by atoms with E-state index in [0.29, 0.717) is 26.2 Å². The molecule has 0 spiro atoms. The molecule has 2 heterocycles. The van der Waals surface area contributed by atoms with Crippen LogP contribution in [0.3, 0.4) is 0 Å². The summed E-state index contributed by atoms with van der Waals surface area (Å²) in [5.41, 5.74) is -0.236. The maximum atomic E-state index is 12.7. The Kier molecular flexibility index (Phi) is 4.65. The van der Waals surface area contributed by atoms with Gasteiger partial charge in [0, 0.05) is 32.7 Å². The number of carbonyl (C=O) groups is 2. The van der Waals surface area contributed by atoms with E-state index in [2.05, 4.69) is 12.2 Å². The molecule has 6 nitrogen and oxygen atoms in total. The Hall–Kier alpha value is -1.14. The molecule has 0 aromatic heterocycles. The third-order valence-corrected chi connectivity index (χ3v) is 4.88. The third-order valence-electron chi connectivity index (χ3n) is 4.88. The number of carboxylic acid groups (broad SMARTS) is 1. The van der Waals surface area contributed by atoms with Gasteiger partial charge in [-0.25, -0.2) is 0 Å². The van der Waals surface area contributed by atoms with E-state index < -0.39 is 12.0 Å². The summed E-state index contributed by atoms with van der Waals surface area (Å²) in [5.74, 6) is -0.553. The average molecular weight is 283 g/mol. The molecule has 2 rings (SSSR count). The Morgan fingerprint density at radius 1 is 1.30 bits per heavy atom. The number of nitrogens with zero attached hydrogens (tertiary/aromatic N) is 2. The first-order chi connectivity index (χ1) is 9.50. The molecule has 114 valence electrons. The third kappa shape index (κ3) is 2.81. The predicted molar refractivity (Wildman–Crippen MR) is 75.5 cm³/mol. The molecule has 2 N–H and O–H groups in total. The average Bonchev–Trinajstić information content (AvgIpc) is 2.96. The molecule has 0 aromatic carbocycles. The van der Waals surface area contributed by atoms with Gasteiger partial charge in [0.2, 0.25) is 5.91 Å². The van der Waals surface area contributed by atoms with Gasteiger partial charge in [-0.2, -0.15) is 0 Å². The van der Waals surface area contributed by atoms with Crippen LogP contribution in [0, 0.1) is 5.41 Å². The zero-order valence-electron chi connectivity index (χ0n) is 12.4. The molecule has 2 fully saturated rings. The highest BCUT2D eigenvalue weighted by Crippen LogP contribution is 2.32. The van der Waals surface area contributed by atoms with Crippen LogP contribution >= 0.6 is 0 Å². The van der Waals surface area contributed by atoms with Crippen LogP contribution in [0.2, 0.25) is 0 Å². The monoisotopic (exact) mass is 283 g/mol. The molecule has 20 heavy (non-hydrogen) atoms. The fourth-order valence-electron chi connectivity index (χ4n) is 3.18. The van der Waals surface area contributed by atoms with Crippen molar-refractivity contribution in [2.75, 3.05) is 39.3 Å². The molecule has 2 aliphatic heterocycles. The number of hydrogen-bond donors (Lipinski definition) is 2. The summed E-state index contributed by atoms with van der Waals surface area (Å²) in [6.07, 6.45) is 1.78. The van der Waals surface area contributed by atoms with Crippen molar-refractivity contribution in [1.29, 1.82) is 0 Å². The van der Waals surface area contributed by atoms with Gasteiger partial charge in [0.05, 0.1) is 5.41 Å². The van der Waals surface area contributed by atoms with E-state index in [9.17, 15) is 9.59 Å². The van der Waals surface area contributed by atoms with E-state index in [1.54, 1.807) is 6.92 Å². The normalized spacial score (nSPS) is 29.4. The quantitative estimate of drug-likeness (QED) is 0.759. The van der Waals surface area contributed by atoms with Gasteiger partial charge in [-0.1, -0.05) is 6.92 Å². The molecule has 2 atom stereocenters. The van der Waals surface area contributed by atoms with Crippen molar-refractivity contribution in [3.05, 3.63) is 0 Å². The molecule has 2 aliphatic rings. The first-order valence-corrected chi connectivity index (χ1v) is 7.47. The van der Waals surface area contributed by atoms with Crippen molar-refractivity contribution in [2.24, 2.45) is 5.41 Å². The minimum absolute atomic E-state index is 0.236. The number of carbonyl (C=O) groups excluding carboxylic acids is 1. The molecule has 2 saturated heterocycles. The van der Waals surface area contributed by atoms with Crippen LogP contribution in [-0.4, -0.2) is 72.1 Å². The number of rotatable bonds is 4. The van der Waals surface area contributed by atoms with Crippen molar-refractivity contribution in [2.45, 2.75) is 32.7 Å². The topological polar surface area (TPSA) is 72.9 Å². The molecule has 1 amide bonds. The van der Waals surface area contributed by atoms with Gasteiger partial charge in [0.25, 0.3) is 0 Å². The number of nitrogens with one attached hydrogen (secondary N) is 1. The highest BCUT2D eigenvalue weighted by molar-refractivity contribution is 5.83. The summed E-state index contributed by atoms with van der Waals surface area (Å²) >= 11 is 0. The van der Waals surface area contributed by atoms with Crippen LogP contribution < -0.4 is 5.32 Å². The second kappa shape index (κ2) is 6.10. The van der Waals surface area contributed by atoms with E-state index >= 15 is 0 Å². The Balaban J connectivity index is 1.93. The summed E-state index contributed by atoms with van der Waals surface area (Å²) in [5, 5.41) is 12.3. The predicted octanol–water partition coefficient (Wildman–Crippen LogP) is -0.00660. The van der Waals surface area contributed by atoms with E-state index in [0.717, 1.165) is 25.9 Å². The summed E-state index contributed by atoms with van der Waals surface area (Å²) in [6, 6.07) is -0.472. The van der Waals surface area contributed by atoms with Crippen LogP contribution in [0.4, 0.5) is 0 Å². The Morgan fingerprint density at radius 2 is 1.95 bits per heavy atom. The van der Waals surface area contributed by atoms with Gasteiger partial charge in [0.15, 0.2) is 0 Å². The van der Waals surface area contributed by atoms with Gasteiger partial charge >= 0.3 is 5.97 Å². The summed E-state index contributed by atoms with van der Waals surface area (Å²) in [6.45, 7) is 8.03. The zero-order chi connectivity index (χ0) is 14.8. The van der Waals surface area contributed by atoms with Crippen LogP contribution in [0.5, 0.6) is 0 Å². The molecule has 0 bridgehead atoms. The van der Waals surface area contributed by atoms with Crippen LogP contribution in [0.1, 0.15) is 26.7 Å². The van der Waals surface area contributed by atoms with Crippen LogP contribution in [0.15, 0.2) is 0 Å². The molecule has 0 aliphatic carbocycles. The fraction of sp³-hybridized carbons (Fsp3) is 0.857. The summed E-state index contributed by atoms with van der Waals surface area (Å²) in [7, 11) is 0. The van der Waals surface area contributed by atoms with E-state index in [1.165, 1.54) is 0 Å². The lowest BCUT2D eigenvalue weighted by molar-refractivity contribution is -0.146. The van der Waals surface area contributed by atoms with Gasteiger partial charge in [0.1, 0.15) is 6.04 Å². The number of piperazine rings is 1. The number of aliphatic carboxylic acids is 1. The molecule has 0 saturated carbocycles. The Bertz CT molecular complexity index is 372. The van der Waals surface area contributed by atoms with Crippen molar-refractivity contribution in [3.8, 4) is 0 Å². The minimum Gasteiger partial charge on any atom is -0.480 e. The van der Waals surface area contributed by atoms with Gasteiger partial charge in [-0.15, -0.1) is 0 Å². The molecule has 6 heteroatoms. The molecular weight excluding hydrogens is 258 g/mol. The standard InChI is InChI=1S/C14H25N3O3/c1-3-14(4-5-15-10-14)13(20)17-8-6-16(7-9-17)11(2)12(18)19/h11,15H,3-10H2,1-2H3,(H,18,19).